The zero-order valence-corrected chi connectivity index (χ0v) is 15.9. The number of nitrogens with zero attached hydrogens (tertiary/aromatic N) is 2. The van der Waals surface area contributed by atoms with Crippen LogP contribution in [0.15, 0.2) is 23.2 Å². The molecule has 3 aliphatic rings. The van der Waals surface area contributed by atoms with Crippen LogP contribution in [0.3, 0.4) is 0 Å². The third-order valence-electron chi connectivity index (χ3n) is 6.68. The third-order valence-corrected chi connectivity index (χ3v) is 6.68. The molecule has 1 fully saturated rings. The fourth-order valence-corrected chi connectivity index (χ4v) is 5.17. The minimum Gasteiger partial charge on any atom is -0.465 e. The summed E-state index contributed by atoms with van der Waals surface area (Å²) in [7, 11) is 4.74. The number of rotatable bonds is 2. The Kier molecular flexibility index (Phi) is 4.03. The minimum absolute atomic E-state index is 0.114. The number of ether oxygens (including phenoxy) is 2. The van der Waals surface area contributed by atoms with Gasteiger partial charge in [0.05, 0.1) is 18.8 Å². The van der Waals surface area contributed by atoms with Crippen molar-refractivity contribution in [2.45, 2.75) is 43.7 Å². The predicted molar refractivity (Wildman–Crippen MR) is 99.3 cm³/mol. The van der Waals surface area contributed by atoms with Crippen molar-refractivity contribution in [1.82, 2.24) is 4.90 Å². The molecule has 0 aromatic heterocycles. The molecule has 1 atom stereocenters. The smallest absolute Gasteiger partial charge is 0.337 e. The monoisotopic (exact) mass is 371 g/mol. The van der Waals surface area contributed by atoms with Crippen molar-refractivity contribution in [2.24, 2.45) is 16.1 Å². The standard InChI is InChI=1S/C20H25N3O4/c1-23-17(25)20(22-18(23)21)15-10-12(16(24)27-3)4-5-13(15)11-19(20)8-6-14(26-2)7-9-19/h4-5,10,14H,6-9,11H2,1-3H3,(H2,21,22). The predicted octanol–water partition coefficient (Wildman–Crippen LogP) is 1.59. The van der Waals surface area contributed by atoms with Crippen LogP contribution in [0.25, 0.3) is 0 Å². The van der Waals surface area contributed by atoms with E-state index in [9.17, 15) is 9.59 Å². The number of likely N-dealkylation sites (N-methyl/N-ethyl adjacent to an activating group) is 1. The summed E-state index contributed by atoms with van der Waals surface area (Å²) in [5, 5.41) is 0. The lowest BCUT2D eigenvalue weighted by Crippen LogP contribution is -2.51. The number of hydrogen-bond donors (Lipinski definition) is 1. The van der Waals surface area contributed by atoms with Crippen LogP contribution in [-0.2, 0) is 26.2 Å². The molecule has 1 aliphatic heterocycles. The number of nitrogens with two attached hydrogens (primary N) is 1. The highest BCUT2D eigenvalue weighted by Gasteiger charge is 2.66. The molecule has 2 aliphatic carbocycles. The Morgan fingerprint density at radius 2 is 2.00 bits per heavy atom. The first-order valence-corrected chi connectivity index (χ1v) is 9.26. The van der Waals surface area contributed by atoms with E-state index in [1.54, 1.807) is 26.3 Å². The molecule has 7 heteroatoms. The average Bonchev–Trinajstić information content (AvgIpc) is 3.08. The van der Waals surface area contributed by atoms with Crippen molar-refractivity contribution >= 4 is 17.8 Å². The average molecular weight is 371 g/mol. The zero-order valence-electron chi connectivity index (χ0n) is 15.9. The number of methoxy groups -OCH3 is 2. The molecule has 1 amide bonds. The minimum atomic E-state index is -1.07. The Labute approximate surface area is 158 Å². The van der Waals surface area contributed by atoms with Crippen molar-refractivity contribution in [3.63, 3.8) is 0 Å². The molecule has 7 nitrogen and oxygen atoms in total. The second kappa shape index (κ2) is 6.05. The summed E-state index contributed by atoms with van der Waals surface area (Å²) in [5.41, 5.74) is 6.95. The van der Waals surface area contributed by atoms with Gasteiger partial charge in [-0.1, -0.05) is 6.07 Å². The zero-order chi connectivity index (χ0) is 19.4. The number of carbonyl (C=O) groups excluding carboxylic acids is 2. The van der Waals surface area contributed by atoms with Crippen LogP contribution in [0.1, 0.15) is 47.2 Å². The fraction of sp³-hybridized carbons (Fsp3) is 0.550. The molecule has 1 aromatic carbocycles. The maximum Gasteiger partial charge on any atom is 0.337 e. The van der Waals surface area contributed by atoms with Crippen LogP contribution in [0.2, 0.25) is 0 Å². The molecular formula is C20H25N3O4. The van der Waals surface area contributed by atoms with E-state index in [0.717, 1.165) is 43.2 Å². The van der Waals surface area contributed by atoms with Crippen molar-refractivity contribution in [2.75, 3.05) is 21.3 Å². The lowest BCUT2D eigenvalue weighted by Gasteiger charge is -2.45. The van der Waals surface area contributed by atoms with E-state index >= 15 is 0 Å². The van der Waals surface area contributed by atoms with Gasteiger partial charge in [-0.25, -0.2) is 9.79 Å². The molecule has 0 saturated heterocycles. The molecular weight excluding hydrogens is 346 g/mol. The van der Waals surface area contributed by atoms with Gasteiger partial charge in [-0.3, -0.25) is 9.69 Å². The Hall–Kier alpha value is -2.41. The van der Waals surface area contributed by atoms with Gasteiger partial charge in [0.2, 0.25) is 0 Å². The van der Waals surface area contributed by atoms with Crippen LogP contribution >= 0.6 is 0 Å². The Balaban J connectivity index is 1.88. The number of aliphatic imine (C=N–C) groups is 1. The van der Waals surface area contributed by atoms with Crippen molar-refractivity contribution in [1.29, 1.82) is 0 Å². The van der Waals surface area contributed by atoms with Gasteiger partial charge in [0.25, 0.3) is 5.91 Å². The van der Waals surface area contributed by atoms with E-state index < -0.39 is 11.5 Å². The third kappa shape index (κ3) is 2.27. The van der Waals surface area contributed by atoms with Gasteiger partial charge in [0, 0.05) is 19.6 Å². The van der Waals surface area contributed by atoms with Gasteiger partial charge >= 0.3 is 5.97 Å². The molecule has 2 N–H and O–H groups in total. The number of carbonyl (C=O) groups is 2. The molecule has 1 saturated carbocycles. The summed E-state index contributed by atoms with van der Waals surface area (Å²) in [4.78, 5) is 31.7. The van der Waals surface area contributed by atoms with Gasteiger partial charge in [0.15, 0.2) is 11.5 Å². The second-order valence-electron chi connectivity index (χ2n) is 7.80. The van der Waals surface area contributed by atoms with Crippen LogP contribution in [0.5, 0.6) is 0 Å². The number of hydrogen-bond acceptors (Lipinski definition) is 6. The lowest BCUT2D eigenvalue weighted by molar-refractivity contribution is -0.137. The first-order valence-electron chi connectivity index (χ1n) is 9.26. The van der Waals surface area contributed by atoms with Gasteiger partial charge < -0.3 is 15.2 Å². The summed E-state index contributed by atoms with van der Waals surface area (Å²) >= 11 is 0. The number of guanidine groups is 1. The normalized spacial score (nSPS) is 32.1. The first-order chi connectivity index (χ1) is 12.9. The molecule has 27 heavy (non-hydrogen) atoms. The van der Waals surface area contributed by atoms with Gasteiger partial charge in [0.1, 0.15) is 0 Å². The number of fused-ring (bicyclic) bond motifs is 3. The van der Waals surface area contributed by atoms with E-state index in [2.05, 4.69) is 0 Å². The molecule has 0 radical (unpaired) electrons. The van der Waals surface area contributed by atoms with Crippen LogP contribution < -0.4 is 5.73 Å². The molecule has 4 rings (SSSR count). The molecule has 0 bridgehead atoms. The van der Waals surface area contributed by atoms with E-state index in [4.69, 9.17) is 20.2 Å². The van der Waals surface area contributed by atoms with Crippen LogP contribution in [0.4, 0.5) is 0 Å². The number of amides is 1. The van der Waals surface area contributed by atoms with Crippen LogP contribution in [-0.4, -0.2) is 50.1 Å². The summed E-state index contributed by atoms with van der Waals surface area (Å²) in [5.74, 6) is -0.311. The van der Waals surface area contributed by atoms with E-state index in [0.29, 0.717) is 5.56 Å². The maximum atomic E-state index is 13.5. The van der Waals surface area contributed by atoms with Crippen molar-refractivity contribution < 1.29 is 19.1 Å². The highest BCUT2D eigenvalue weighted by atomic mass is 16.5. The van der Waals surface area contributed by atoms with Crippen LogP contribution in [0, 0.1) is 5.41 Å². The quantitative estimate of drug-likeness (QED) is 0.797. The van der Waals surface area contributed by atoms with Crippen molar-refractivity contribution in [3.05, 3.63) is 34.9 Å². The van der Waals surface area contributed by atoms with Crippen molar-refractivity contribution in [3.8, 4) is 0 Å². The first kappa shape index (κ1) is 18.0. The Morgan fingerprint density at radius 3 is 2.56 bits per heavy atom. The summed E-state index contributed by atoms with van der Waals surface area (Å²) in [6.07, 6.45) is 4.35. The second-order valence-corrected chi connectivity index (χ2v) is 7.80. The Bertz CT molecular complexity index is 842. The largest absolute Gasteiger partial charge is 0.465 e. The summed E-state index contributed by atoms with van der Waals surface area (Å²) in [6.45, 7) is 0. The van der Waals surface area contributed by atoms with E-state index in [1.807, 2.05) is 6.07 Å². The van der Waals surface area contributed by atoms with Gasteiger partial charge in [-0.15, -0.1) is 0 Å². The molecule has 2 spiro atoms. The fourth-order valence-electron chi connectivity index (χ4n) is 5.17. The highest BCUT2D eigenvalue weighted by molar-refractivity contribution is 6.08. The molecule has 144 valence electrons. The van der Waals surface area contributed by atoms with Gasteiger partial charge in [-0.05, 0) is 55.4 Å². The Morgan fingerprint density at radius 1 is 1.30 bits per heavy atom. The number of benzene rings is 1. The maximum absolute atomic E-state index is 13.5. The highest BCUT2D eigenvalue weighted by Crippen LogP contribution is 2.61. The van der Waals surface area contributed by atoms with Gasteiger partial charge in [-0.2, -0.15) is 0 Å². The lowest BCUT2D eigenvalue weighted by atomic mass is 9.61. The number of esters is 1. The van der Waals surface area contributed by atoms with E-state index in [1.165, 1.54) is 12.0 Å². The topological polar surface area (TPSA) is 94.2 Å². The molecule has 1 unspecified atom stereocenters. The molecule has 1 heterocycles. The molecule has 1 aromatic rings. The SMILES string of the molecule is COC(=O)c1ccc2c(c1)C1(N=C(N)N(C)C1=O)C1(CCC(OC)CC1)C2. The van der Waals surface area contributed by atoms with E-state index in [-0.39, 0.29) is 23.4 Å². The summed E-state index contributed by atoms with van der Waals surface area (Å²) in [6, 6.07) is 5.46. The summed E-state index contributed by atoms with van der Waals surface area (Å²) < 4.78 is 10.4.